The first kappa shape index (κ1) is 12.6. The molecule has 0 saturated carbocycles. The summed E-state index contributed by atoms with van der Waals surface area (Å²) in [5.41, 5.74) is 1.02. The molecule has 0 atom stereocenters. The van der Waals surface area contributed by atoms with Gasteiger partial charge in [-0.1, -0.05) is 33.2 Å². The number of hydrogen-bond donors (Lipinski definition) is 2. The molecule has 2 amide bonds. The molecule has 94 valence electrons. The van der Waals surface area contributed by atoms with Crippen LogP contribution in [-0.4, -0.2) is 11.2 Å². The molecular formula is C12H12BrN3O2. The molecule has 1 aromatic carbocycles. The van der Waals surface area contributed by atoms with E-state index in [9.17, 15) is 4.79 Å². The highest BCUT2D eigenvalue weighted by Crippen LogP contribution is 2.10. The van der Waals surface area contributed by atoms with E-state index in [0.29, 0.717) is 18.1 Å². The van der Waals surface area contributed by atoms with Crippen LogP contribution in [0.15, 0.2) is 39.3 Å². The summed E-state index contributed by atoms with van der Waals surface area (Å²) in [5.74, 6) is 1.05. The molecule has 5 nitrogen and oxygen atoms in total. The van der Waals surface area contributed by atoms with Crippen molar-refractivity contribution in [2.24, 2.45) is 0 Å². The molecule has 0 fully saturated rings. The zero-order valence-electron chi connectivity index (χ0n) is 9.74. The number of aryl methyl sites for hydroxylation is 1. The highest BCUT2D eigenvalue weighted by Gasteiger charge is 2.05. The summed E-state index contributed by atoms with van der Waals surface area (Å²) in [6, 6.07) is 9.06. The van der Waals surface area contributed by atoms with Crippen molar-refractivity contribution in [2.75, 3.05) is 5.32 Å². The molecule has 0 spiro atoms. The second-order valence-electron chi connectivity index (χ2n) is 3.76. The van der Waals surface area contributed by atoms with Crippen LogP contribution >= 0.6 is 15.9 Å². The van der Waals surface area contributed by atoms with Crippen molar-refractivity contribution in [1.29, 1.82) is 0 Å². The maximum atomic E-state index is 11.5. The van der Waals surface area contributed by atoms with Crippen LogP contribution in [0.1, 0.15) is 11.3 Å². The third-order valence-corrected chi connectivity index (χ3v) is 2.76. The van der Waals surface area contributed by atoms with Gasteiger partial charge in [0.05, 0.1) is 0 Å². The van der Waals surface area contributed by atoms with Crippen molar-refractivity contribution in [1.82, 2.24) is 10.5 Å². The largest absolute Gasteiger partial charge is 0.360 e. The molecule has 0 aliphatic rings. The minimum absolute atomic E-state index is 0.314. The third kappa shape index (κ3) is 3.59. The topological polar surface area (TPSA) is 67.2 Å². The summed E-state index contributed by atoms with van der Waals surface area (Å²) in [6.45, 7) is 2.22. The van der Waals surface area contributed by atoms with Gasteiger partial charge in [0.1, 0.15) is 5.76 Å². The number of nitrogens with one attached hydrogen (secondary N) is 2. The van der Waals surface area contributed by atoms with Gasteiger partial charge < -0.3 is 9.84 Å². The van der Waals surface area contributed by atoms with Gasteiger partial charge in [-0.15, -0.1) is 0 Å². The van der Waals surface area contributed by atoms with E-state index in [-0.39, 0.29) is 6.03 Å². The van der Waals surface area contributed by atoms with Gasteiger partial charge in [-0.25, -0.2) is 4.79 Å². The van der Waals surface area contributed by atoms with Crippen molar-refractivity contribution in [2.45, 2.75) is 13.5 Å². The predicted octanol–water partition coefficient (Wildman–Crippen LogP) is 3.07. The molecule has 1 heterocycles. The molecule has 0 aliphatic heterocycles. The van der Waals surface area contributed by atoms with Gasteiger partial charge in [-0.2, -0.15) is 0 Å². The minimum atomic E-state index is -0.314. The maximum absolute atomic E-state index is 11.5. The number of carbonyl (C=O) groups is 1. The Bertz CT molecular complexity index is 537. The number of urea groups is 1. The zero-order valence-corrected chi connectivity index (χ0v) is 11.3. The molecule has 1 aromatic heterocycles. The average Bonchev–Trinajstić information content (AvgIpc) is 2.74. The van der Waals surface area contributed by atoms with Crippen LogP contribution in [0.3, 0.4) is 0 Å². The van der Waals surface area contributed by atoms with Crippen molar-refractivity contribution in [3.63, 3.8) is 0 Å². The third-order valence-electron chi connectivity index (χ3n) is 2.24. The predicted molar refractivity (Wildman–Crippen MR) is 71.2 cm³/mol. The lowest BCUT2D eigenvalue weighted by molar-refractivity contribution is 0.251. The maximum Gasteiger partial charge on any atom is 0.320 e. The van der Waals surface area contributed by atoms with Gasteiger partial charge in [0.2, 0.25) is 0 Å². The summed E-state index contributed by atoms with van der Waals surface area (Å²) < 4.78 is 5.85. The summed E-state index contributed by atoms with van der Waals surface area (Å²) in [6.07, 6.45) is 0. The molecule has 0 radical (unpaired) electrons. The van der Waals surface area contributed by atoms with Crippen LogP contribution in [0.2, 0.25) is 0 Å². The van der Waals surface area contributed by atoms with E-state index < -0.39 is 0 Å². The van der Waals surface area contributed by atoms with E-state index in [0.717, 1.165) is 10.0 Å². The number of aromatic nitrogens is 1. The molecule has 0 aliphatic carbocycles. The minimum Gasteiger partial charge on any atom is -0.360 e. The van der Waals surface area contributed by atoms with Crippen molar-refractivity contribution < 1.29 is 9.32 Å². The van der Waals surface area contributed by atoms with Crippen LogP contribution in [0.5, 0.6) is 0 Å². The van der Waals surface area contributed by atoms with Crippen LogP contribution < -0.4 is 10.6 Å². The SMILES string of the molecule is Cc1cc(NC(=O)NCc2ccc(Br)cc2)no1. The van der Waals surface area contributed by atoms with Gasteiger partial charge in [0, 0.05) is 17.1 Å². The molecule has 2 aromatic rings. The normalized spacial score (nSPS) is 10.1. The number of anilines is 1. The fourth-order valence-corrected chi connectivity index (χ4v) is 1.63. The van der Waals surface area contributed by atoms with Crippen molar-refractivity contribution in [3.8, 4) is 0 Å². The van der Waals surface area contributed by atoms with E-state index in [1.54, 1.807) is 13.0 Å². The Hall–Kier alpha value is -1.82. The quantitative estimate of drug-likeness (QED) is 0.915. The first-order valence-electron chi connectivity index (χ1n) is 5.36. The van der Waals surface area contributed by atoms with Crippen LogP contribution in [-0.2, 0) is 6.54 Å². The van der Waals surface area contributed by atoms with Gasteiger partial charge in [0.15, 0.2) is 5.82 Å². The number of halogens is 1. The average molecular weight is 310 g/mol. The molecule has 6 heteroatoms. The van der Waals surface area contributed by atoms with Crippen molar-refractivity contribution >= 4 is 27.8 Å². The highest BCUT2D eigenvalue weighted by atomic mass is 79.9. The summed E-state index contributed by atoms with van der Waals surface area (Å²) in [5, 5.41) is 8.98. The zero-order chi connectivity index (χ0) is 13.0. The first-order chi connectivity index (χ1) is 8.63. The number of rotatable bonds is 3. The number of benzene rings is 1. The van der Waals surface area contributed by atoms with E-state index in [4.69, 9.17) is 4.52 Å². The van der Waals surface area contributed by atoms with Crippen LogP contribution in [0, 0.1) is 6.92 Å². The van der Waals surface area contributed by atoms with Crippen LogP contribution in [0.25, 0.3) is 0 Å². The molecular weight excluding hydrogens is 298 g/mol. The van der Waals surface area contributed by atoms with E-state index in [1.165, 1.54) is 0 Å². The molecule has 0 saturated heterocycles. The van der Waals surface area contributed by atoms with E-state index >= 15 is 0 Å². The Morgan fingerprint density at radius 2 is 2.11 bits per heavy atom. The molecule has 2 N–H and O–H groups in total. The second kappa shape index (κ2) is 5.68. The van der Waals surface area contributed by atoms with Gasteiger partial charge in [0.25, 0.3) is 0 Å². The van der Waals surface area contributed by atoms with Gasteiger partial charge in [-0.3, -0.25) is 5.32 Å². The lowest BCUT2D eigenvalue weighted by Crippen LogP contribution is -2.28. The molecule has 18 heavy (non-hydrogen) atoms. The fourth-order valence-electron chi connectivity index (χ4n) is 1.37. The van der Waals surface area contributed by atoms with E-state index in [1.807, 2.05) is 24.3 Å². The monoisotopic (exact) mass is 309 g/mol. The number of carbonyl (C=O) groups excluding carboxylic acids is 1. The lowest BCUT2D eigenvalue weighted by Gasteiger charge is -2.05. The Morgan fingerprint density at radius 3 is 2.72 bits per heavy atom. The smallest absolute Gasteiger partial charge is 0.320 e. The first-order valence-corrected chi connectivity index (χ1v) is 6.15. The molecule has 2 rings (SSSR count). The van der Waals surface area contributed by atoms with Gasteiger partial charge >= 0.3 is 6.03 Å². The highest BCUT2D eigenvalue weighted by molar-refractivity contribution is 9.10. The van der Waals surface area contributed by atoms with Crippen molar-refractivity contribution in [3.05, 3.63) is 46.1 Å². The second-order valence-corrected chi connectivity index (χ2v) is 4.67. The Labute approximate surface area is 113 Å². The fraction of sp³-hybridized carbons (Fsp3) is 0.167. The Balaban J connectivity index is 1.83. The summed E-state index contributed by atoms with van der Waals surface area (Å²) in [7, 11) is 0. The number of nitrogens with zero attached hydrogens (tertiary/aromatic N) is 1. The van der Waals surface area contributed by atoms with Crippen LogP contribution in [0.4, 0.5) is 10.6 Å². The Kier molecular flexibility index (Phi) is 3.99. The van der Waals surface area contributed by atoms with E-state index in [2.05, 4.69) is 31.7 Å². The summed E-state index contributed by atoms with van der Waals surface area (Å²) in [4.78, 5) is 11.5. The Morgan fingerprint density at radius 1 is 1.39 bits per heavy atom. The van der Waals surface area contributed by atoms with Gasteiger partial charge in [-0.05, 0) is 24.6 Å². The standard InChI is InChI=1S/C12H12BrN3O2/c1-8-6-11(16-18-8)15-12(17)14-7-9-2-4-10(13)5-3-9/h2-6H,7H2,1H3,(H2,14,15,16,17). The number of hydrogen-bond acceptors (Lipinski definition) is 3. The summed E-state index contributed by atoms with van der Waals surface area (Å²) >= 11 is 3.35. The molecule has 0 unspecified atom stereocenters. The number of amides is 2. The molecule has 0 bridgehead atoms. The lowest BCUT2D eigenvalue weighted by atomic mass is 10.2.